The van der Waals surface area contributed by atoms with Crippen molar-refractivity contribution >= 4 is 17.5 Å². The molecule has 4 nitrogen and oxygen atoms in total. The van der Waals surface area contributed by atoms with Crippen LogP contribution in [0.4, 0.5) is 0 Å². The Hall–Kier alpha value is -1.94. The van der Waals surface area contributed by atoms with Gasteiger partial charge in [-0.05, 0) is 37.5 Å². The second-order valence-corrected chi connectivity index (χ2v) is 5.74. The number of aromatic nitrogens is 2. The summed E-state index contributed by atoms with van der Waals surface area (Å²) in [6, 6.07) is 7.99. The third-order valence-electron chi connectivity index (χ3n) is 3.99. The van der Waals surface area contributed by atoms with E-state index in [1.54, 1.807) is 19.3 Å². The highest BCUT2D eigenvalue weighted by molar-refractivity contribution is 6.30. The first-order valence-electron chi connectivity index (χ1n) is 6.99. The van der Waals surface area contributed by atoms with Gasteiger partial charge in [0.25, 0.3) is 5.91 Å². The van der Waals surface area contributed by atoms with E-state index in [1.165, 1.54) is 5.56 Å². The van der Waals surface area contributed by atoms with Crippen LogP contribution in [0.1, 0.15) is 40.5 Å². The zero-order chi connectivity index (χ0) is 14.8. The smallest absolute Gasteiger partial charge is 0.271 e. The Kier molecular flexibility index (Phi) is 3.88. The molecular weight excluding hydrogens is 286 g/mol. The molecule has 1 saturated carbocycles. The van der Waals surface area contributed by atoms with Gasteiger partial charge in [0.05, 0.1) is 5.69 Å². The van der Waals surface area contributed by atoms with Crippen LogP contribution < -0.4 is 5.32 Å². The lowest BCUT2D eigenvalue weighted by molar-refractivity contribution is 0.0898. The van der Waals surface area contributed by atoms with Crippen molar-refractivity contribution in [3.05, 3.63) is 58.6 Å². The number of nitrogens with one attached hydrogen (secondary N) is 1. The zero-order valence-electron chi connectivity index (χ0n) is 11.7. The van der Waals surface area contributed by atoms with Crippen molar-refractivity contribution in [3.63, 3.8) is 0 Å². The first-order valence-corrected chi connectivity index (χ1v) is 7.37. The summed E-state index contributed by atoms with van der Waals surface area (Å²) in [6.45, 7) is 1.79. The van der Waals surface area contributed by atoms with Crippen LogP contribution in [0.15, 0.2) is 36.7 Å². The summed E-state index contributed by atoms with van der Waals surface area (Å²) in [5.74, 6) is 0.201. The maximum Gasteiger partial charge on any atom is 0.271 e. The van der Waals surface area contributed by atoms with Gasteiger partial charge in [0.15, 0.2) is 0 Å². The summed E-state index contributed by atoms with van der Waals surface area (Å²) in [4.78, 5) is 20.5. The lowest BCUT2D eigenvalue weighted by Crippen LogP contribution is -2.45. The van der Waals surface area contributed by atoms with E-state index < -0.39 is 0 Å². The quantitative estimate of drug-likeness (QED) is 0.947. The molecule has 5 heteroatoms. The molecular formula is C16H16ClN3O. The number of nitrogens with zero attached hydrogens (tertiary/aromatic N) is 2. The minimum atomic E-state index is -0.149. The number of halogens is 1. The van der Waals surface area contributed by atoms with E-state index in [1.807, 2.05) is 24.3 Å². The summed E-state index contributed by atoms with van der Waals surface area (Å²) < 4.78 is 0. The molecule has 0 saturated heterocycles. The van der Waals surface area contributed by atoms with Gasteiger partial charge >= 0.3 is 0 Å². The molecule has 2 atom stereocenters. The van der Waals surface area contributed by atoms with E-state index in [2.05, 4.69) is 15.3 Å². The first kappa shape index (κ1) is 14.0. The van der Waals surface area contributed by atoms with Gasteiger partial charge < -0.3 is 5.32 Å². The molecule has 1 heterocycles. The summed E-state index contributed by atoms with van der Waals surface area (Å²) in [6.07, 6.45) is 5.19. The Morgan fingerprint density at radius 1 is 1.19 bits per heavy atom. The summed E-state index contributed by atoms with van der Waals surface area (Å²) in [5, 5.41) is 3.79. The number of carbonyl (C=O) groups is 1. The Bertz CT molecular complexity index is 657. The number of rotatable bonds is 3. The third kappa shape index (κ3) is 2.90. The predicted molar refractivity (Wildman–Crippen MR) is 81.5 cm³/mol. The molecule has 108 valence electrons. The largest absolute Gasteiger partial charge is 0.347 e. The van der Waals surface area contributed by atoms with Crippen molar-refractivity contribution in [3.8, 4) is 0 Å². The molecule has 1 amide bonds. The van der Waals surface area contributed by atoms with Gasteiger partial charge in [0.1, 0.15) is 5.69 Å². The fourth-order valence-corrected chi connectivity index (χ4v) is 2.77. The normalized spacial score (nSPS) is 20.7. The SMILES string of the molecule is Cc1nccnc1C(=O)N[C@H]1CC[C@H]1c1ccc(Cl)cc1. The van der Waals surface area contributed by atoms with Crippen molar-refractivity contribution in [1.29, 1.82) is 0 Å². The number of hydrogen-bond acceptors (Lipinski definition) is 3. The maximum atomic E-state index is 12.3. The van der Waals surface area contributed by atoms with E-state index >= 15 is 0 Å². The highest BCUT2D eigenvalue weighted by Crippen LogP contribution is 2.37. The highest BCUT2D eigenvalue weighted by atomic mass is 35.5. The topological polar surface area (TPSA) is 54.9 Å². The zero-order valence-corrected chi connectivity index (χ0v) is 12.5. The minimum absolute atomic E-state index is 0.149. The second-order valence-electron chi connectivity index (χ2n) is 5.31. The lowest BCUT2D eigenvalue weighted by atomic mass is 9.75. The standard InChI is InChI=1S/C16H16ClN3O/c1-10-15(19-9-8-18-10)16(21)20-14-7-6-13(14)11-2-4-12(17)5-3-11/h2-5,8-9,13-14H,6-7H2,1H3,(H,20,21)/t13-,14-/m0/s1. The van der Waals surface area contributed by atoms with Crippen LogP contribution in [0.2, 0.25) is 5.02 Å². The average molecular weight is 302 g/mol. The van der Waals surface area contributed by atoms with Crippen LogP contribution in [0.5, 0.6) is 0 Å². The molecule has 0 bridgehead atoms. The van der Waals surface area contributed by atoms with Crippen molar-refractivity contribution < 1.29 is 4.79 Å². The fraction of sp³-hybridized carbons (Fsp3) is 0.312. The molecule has 1 aromatic heterocycles. The van der Waals surface area contributed by atoms with E-state index in [0.29, 0.717) is 17.3 Å². The molecule has 1 aliphatic carbocycles. The highest BCUT2D eigenvalue weighted by Gasteiger charge is 2.33. The van der Waals surface area contributed by atoms with Gasteiger partial charge in [0, 0.05) is 29.4 Å². The van der Waals surface area contributed by atoms with E-state index in [-0.39, 0.29) is 11.9 Å². The number of hydrogen-bond donors (Lipinski definition) is 1. The van der Waals surface area contributed by atoms with Crippen LogP contribution in [-0.2, 0) is 0 Å². The third-order valence-corrected chi connectivity index (χ3v) is 4.24. The number of aryl methyl sites for hydroxylation is 1. The van der Waals surface area contributed by atoms with Crippen LogP contribution in [0.25, 0.3) is 0 Å². The first-order chi connectivity index (χ1) is 10.1. The van der Waals surface area contributed by atoms with Gasteiger partial charge in [-0.25, -0.2) is 4.98 Å². The van der Waals surface area contributed by atoms with Gasteiger partial charge in [-0.2, -0.15) is 0 Å². The van der Waals surface area contributed by atoms with Crippen molar-refractivity contribution in [2.45, 2.75) is 31.7 Å². The summed E-state index contributed by atoms with van der Waals surface area (Å²) >= 11 is 5.91. The Morgan fingerprint density at radius 2 is 1.90 bits per heavy atom. The van der Waals surface area contributed by atoms with Crippen molar-refractivity contribution in [2.75, 3.05) is 0 Å². The molecule has 0 aliphatic heterocycles. The Morgan fingerprint density at radius 3 is 2.52 bits per heavy atom. The van der Waals surface area contributed by atoms with E-state index in [0.717, 1.165) is 17.9 Å². The van der Waals surface area contributed by atoms with Crippen molar-refractivity contribution in [1.82, 2.24) is 15.3 Å². The Balaban J connectivity index is 1.70. The molecule has 2 aromatic rings. The van der Waals surface area contributed by atoms with Crippen LogP contribution in [0.3, 0.4) is 0 Å². The molecule has 0 spiro atoms. The summed E-state index contributed by atoms with van der Waals surface area (Å²) in [5.41, 5.74) is 2.27. The van der Waals surface area contributed by atoms with Gasteiger partial charge in [-0.1, -0.05) is 23.7 Å². The van der Waals surface area contributed by atoms with Crippen LogP contribution in [0, 0.1) is 6.92 Å². The Labute approximate surface area is 128 Å². The average Bonchev–Trinajstić information content (AvgIpc) is 2.46. The van der Waals surface area contributed by atoms with E-state index in [4.69, 9.17) is 11.6 Å². The maximum absolute atomic E-state index is 12.3. The van der Waals surface area contributed by atoms with Gasteiger partial charge in [-0.15, -0.1) is 0 Å². The lowest BCUT2D eigenvalue weighted by Gasteiger charge is -2.37. The monoisotopic (exact) mass is 301 g/mol. The molecule has 21 heavy (non-hydrogen) atoms. The minimum Gasteiger partial charge on any atom is -0.347 e. The molecule has 1 fully saturated rings. The van der Waals surface area contributed by atoms with Crippen LogP contribution in [-0.4, -0.2) is 21.9 Å². The molecule has 3 rings (SSSR count). The number of carbonyl (C=O) groups excluding carboxylic acids is 1. The molecule has 0 radical (unpaired) electrons. The summed E-state index contributed by atoms with van der Waals surface area (Å²) in [7, 11) is 0. The predicted octanol–water partition coefficient (Wildman–Crippen LogP) is 3.11. The number of benzene rings is 1. The molecule has 1 aromatic carbocycles. The molecule has 1 N–H and O–H groups in total. The molecule has 0 unspecified atom stereocenters. The second kappa shape index (κ2) is 5.82. The van der Waals surface area contributed by atoms with E-state index in [9.17, 15) is 4.79 Å². The van der Waals surface area contributed by atoms with Crippen molar-refractivity contribution in [2.24, 2.45) is 0 Å². The van der Waals surface area contributed by atoms with Crippen LogP contribution >= 0.6 is 11.6 Å². The number of amides is 1. The van der Waals surface area contributed by atoms with Gasteiger partial charge in [-0.3, -0.25) is 9.78 Å². The van der Waals surface area contributed by atoms with Gasteiger partial charge in [0.2, 0.25) is 0 Å². The molecule has 1 aliphatic rings. The fourth-order valence-electron chi connectivity index (χ4n) is 2.65.